The lowest BCUT2D eigenvalue weighted by molar-refractivity contribution is -0.137. The zero-order chi connectivity index (χ0) is 16.8. The Morgan fingerprint density at radius 2 is 1.82 bits per heavy atom. The Bertz CT molecular complexity index is 459. The Morgan fingerprint density at radius 3 is 2.32 bits per heavy atom. The summed E-state index contributed by atoms with van der Waals surface area (Å²) in [5.41, 5.74) is 11.2. The molecule has 126 valence electrons. The first-order chi connectivity index (χ1) is 10.3. The van der Waals surface area contributed by atoms with E-state index in [-0.39, 0.29) is 11.8 Å². The summed E-state index contributed by atoms with van der Waals surface area (Å²) in [6, 6.07) is 3.65. The molecule has 1 aromatic rings. The number of hydrogen-bond donors (Lipinski definition) is 2. The molecule has 1 unspecified atom stereocenters. The van der Waals surface area contributed by atoms with Gasteiger partial charge in [0.05, 0.1) is 12.2 Å². The highest BCUT2D eigenvalue weighted by atomic mass is 19.4. The number of hydrogen-bond acceptors (Lipinski definition) is 3. The van der Waals surface area contributed by atoms with Crippen LogP contribution < -0.4 is 16.2 Å². The SMILES string of the molecule is CCCOc1ccc(C(F)(F)F)cc1C(C)CC(CN)CN. The van der Waals surface area contributed by atoms with Crippen LogP contribution in [0, 0.1) is 5.92 Å². The van der Waals surface area contributed by atoms with E-state index in [0.717, 1.165) is 12.5 Å². The monoisotopic (exact) mass is 318 g/mol. The zero-order valence-corrected chi connectivity index (χ0v) is 13.1. The highest BCUT2D eigenvalue weighted by Gasteiger charge is 2.32. The van der Waals surface area contributed by atoms with Crippen LogP contribution in [0.25, 0.3) is 0 Å². The summed E-state index contributed by atoms with van der Waals surface area (Å²) in [7, 11) is 0. The first-order valence-electron chi connectivity index (χ1n) is 7.57. The van der Waals surface area contributed by atoms with Crippen molar-refractivity contribution in [1.82, 2.24) is 0 Å². The predicted molar refractivity (Wildman–Crippen MR) is 81.9 cm³/mol. The maximum absolute atomic E-state index is 12.9. The van der Waals surface area contributed by atoms with Crippen molar-refractivity contribution in [2.75, 3.05) is 19.7 Å². The summed E-state index contributed by atoms with van der Waals surface area (Å²) in [5, 5.41) is 0. The Morgan fingerprint density at radius 1 is 1.18 bits per heavy atom. The van der Waals surface area contributed by atoms with Crippen LogP contribution in [0.4, 0.5) is 13.2 Å². The quantitative estimate of drug-likeness (QED) is 0.771. The van der Waals surface area contributed by atoms with Crippen LogP contribution in [0.5, 0.6) is 5.75 Å². The van der Waals surface area contributed by atoms with Gasteiger partial charge in [0.2, 0.25) is 0 Å². The molecule has 0 saturated heterocycles. The molecule has 1 aromatic carbocycles. The van der Waals surface area contributed by atoms with Gasteiger partial charge >= 0.3 is 6.18 Å². The molecule has 6 heteroatoms. The summed E-state index contributed by atoms with van der Waals surface area (Å²) in [4.78, 5) is 0. The molecule has 0 aliphatic heterocycles. The molecule has 0 aliphatic rings. The van der Waals surface area contributed by atoms with Crippen molar-refractivity contribution in [3.63, 3.8) is 0 Å². The number of halogens is 3. The third kappa shape index (κ3) is 5.18. The minimum atomic E-state index is -4.36. The standard InChI is InChI=1S/C16H25F3N2O/c1-3-6-22-15-5-4-13(16(17,18)19)8-14(15)11(2)7-12(9-20)10-21/h4-5,8,11-12H,3,6-7,9-10,20-21H2,1-2H3. The minimum Gasteiger partial charge on any atom is -0.493 e. The average Bonchev–Trinajstić information content (AvgIpc) is 2.49. The fourth-order valence-corrected chi connectivity index (χ4v) is 2.37. The van der Waals surface area contributed by atoms with Gasteiger partial charge in [0.25, 0.3) is 0 Å². The molecule has 3 nitrogen and oxygen atoms in total. The molecule has 0 radical (unpaired) electrons. The molecule has 0 fully saturated rings. The van der Waals surface area contributed by atoms with Gasteiger partial charge in [-0.15, -0.1) is 0 Å². The number of alkyl halides is 3. The van der Waals surface area contributed by atoms with E-state index >= 15 is 0 Å². The van der Waals surface area contributed by atoms with E-state index in [9.17, 15) is 13.2 Å². The Balaban J connectivity index is 3.09. The third-order valence-electron chi connectivity index (χ3n) is 3.68. The van der Waals surface area contributed by atoms with Gasteiger partial charge in [0, 0.05) is 0 Å². The molecule has 0 bridgehead atoms. The number of benzene rings is 1. The third-order valence-corrected chi connectivity index (χ3v) is 3.68. The van der Waals surface area contributed by atoms with Gasteiger partial charge in [-0.2, -0.15) is 13.2 Å². The van der Waals surface area contributed by atoms with Crippen LogP contribution in [0.1, 0.15) is 43.7 Å². The second-order valence-electron chi connectivity index (χ2n) is 5.57. The van der Waals surface area contributed by atoms with Crippen molar-refractivity contribution in [2.24, 2.45) is 17.4 Å². The lowest BCUT2D eigenvalue weighted by Crippen LogP contribution is -2.24. The molecule has 0 heterocycles. The number of ether oxygens (including phenoxy) is 1. The first-order valence-corrected chi connectivity index (χ1v) is 7.57. The van der Waals surface area contributed by atoms with Crippen LogP contribution in [-0.4, -0.2) is 19.7 Å². The molecule has 0 amide bonds. The summed E-state index contributed by atoms with van der Waals surface area (Å²) in [5.74, 6) is 0.491. The lowest BCUT2D eigenvalue weighted by atomic mass is 9.88. The van der Waals surface area contributed by atoms with Crippen LogP contribution in [0.2, 0.25) is 0 Å². The maximum Gasteiger partial charge on any atom is 0.416 e. The van der Waals surface area contributed by atoms with Gasteiger partial charge in [0.1, 0.15) is 5.75 Å². The van der Waals surface area contributed by atoms with Gasteiger partial charge in [-0.25, -0.2) is 0 Å². The molecule has 0 spiro atoms. The van der Waals surface area contributed by atoms with E-state index in [1.54, 1.807) is 0 Å². The maximum atomic E-state index is 12.9. The smallest absolute Gasteiger partial charge is 0.416 e. The van der Waals surface area contributed by atoms with E-state index in [1.807, 2.05) is 13.8 Å². The van der Waals surface area contributed by atoms with Gasteiger partial charge in [-0.05, 0) is 61.5 Å². The highest BCUT2D eigenvalue weighted by Crippen LogP contribution is 2.37. The molecular weight excluding hydrogens is 293 g/mol. The summed E-state index contributed by atoms with van der Waals surface area (Å²) < 4.78 is 44.4. The Kier molecular flexibility index (Phi) is 7.16. The fraction of sp³-hybridized carbons (Fsp3) is 0.625. The van der Waals surface area contributed by atoms with E-state index < -0.39 is 11.7 Å². The van der Waals surface area contributed by atoms with Gasteiger partial charge in [-0.1, -0.05) is 13.8 Å². The minimum absolute atomic E-state index is 0.0866. The lowest BCUT2D eigenvalue weighted by Gasteiger charge is -2.22. The summed E-state index contributed by atoms with van der Waals surface area (Å²) >= 11 is 0. The molecule has 22 heavy (non-hydrogen) atoms. The van der Waals surface area contributed by atoms with Crippen molar-refractivity contribution in [2.45, 2.75) is 38.8 Å². The highest BCUT2D eigenvalue weighted by molar-refractivity contribution is 5.40. The zero-order valence-electron chi connectivity index (χ0n) is 13.1. The van der Waals surface area contributed by atoms with Gasteiger partial charge in [0.15, 0.2) is 0 Å². The molecule has 0 aromatic heterocycles. The molecule has 0 saturated carbocycles. The molecule has 1 atom stereocenters. The molecule has 0 aliphatic carbocycles. The van der Waals surface area contributed by atoms with Crippen molar-refractivity contribution in [1.29, 1.82) is 0 Å². The van der Waals surface area contributed by atoms with E-state index in [4.69, 9.17) is 16.2 Å². The van der Waals surface area contributed by atoms with E-state index in [1.165, 1.54) is 12.1 Å². The van der Waals surface area contributed by atoms with E-state index in [0.29, 0.717) is 37.4 Å². The molecule has 1 rings (SSSR count). The van der Waals surface area contributed by atoms with Crippen molar-refractivity contribution in [3.8, 4) is 5.75 Å². The number of rotatable bonds is 8. The van der Waals surface area contributed by atoms with Gasteiger partial charge in [-0.3, -0.25) is 0 Å². The molecular formula is C16H25F3N2O. The fourth-order valence-electron chi connectivity index (χ4n) is 2.37. The van der Waals surface area contributed by atoms with Gasteiger partial charge < -0.3 is 16.2 Å². The predicted octanol–water partition coefficient (Wildman–Crippen LogP) is 3.52. The van der Waals surface area contributed by atoms with Crippen molar-refractivity contribution >= 4 is 0 Å². The van der Waals surface area contributed by atoms with Crippen molar-refractivity contribution < 1.29 is 17.9 Å². The summed E-state index contributed by atoms with van der Waals surface area (Å²) in [6.45, 7) is 5.15. The van der Waals surface area contributed by atoms with Crippen LogP contribution in [0.3, 0.4) is 0 Å². The topological polar surface area (TPSA) is 61.3 Å². The number of nitrogens with two attached hydrogens (primary N) is 2. The van der Waals surface area contributed by atoms with Crippen LogP contribution >= 0.6 is 0 Å². The summed E-state index contributed by atoms with van der Waals surface area (Å²) in [6.07, 6.45) is -2.93. The van der Waals surface area contributed by atoms with E-state index in [2.05, 4.69) is 0 Å². The second-order valence-corrected chi connectivity index (χ2v) is 5.57. The second kappa shape index (κ2) is 8.39. The average molecular weight is 318 g/mol. The molecule has 4 N–H and O–H groups in total. The van der Waals surface area contributed by atoms with Crippen LogP contribution in [-0.2, 0) is 6.18 Å². The van der Waals surface area contributed by atoms with Crippen molar-refractivity contribution in [3.05, 3.63) is 29.3 Å². The Hall–Kier alpha value is -1.27. The normalized spacial score (nSPS) is 13.5. The largest absolute Gasteiger partial charge is 0.493 e. The Labute approximate surface area is 129 Å². The van der Waals surface area contributed by atoms with Crippen LogP contribution in [0.15, 0.2) is 18.2 Å². The first kappa shape index (κ1) is 18.8.